The minimum Gasteiger partial charge on any atom is -0.496 e. The van der Waals surface area contributed by atoms with Crippen LogP contribution in [0.5, 0.6) is 23.1 Å². The highest BCUT2D eigenvalue weighted by Crippen LogP contribution is 2.31. The molecule has 0 saturated carbocycles. The Morgan fingerprint density at radius 1 is 1.05 bits per heavy atom. The topological polar surface area (TPSA) is 40.6 Å². The van der Waals surface area contributed by atoms with Gasteiger partial charge in [0.25, 0.3) is 0 Å². The summed E-state index contributed by atoms with van der Waals surface area (Å²) in [5.41, 5.74) is 0.976. The fourth-order valence-electron chi connectivity index (χ4n) is 1.57. The number of halogens is 1. The highest BCUT2D eigenvalue weighted by atomic mass is 79.9. The average molecular weight is 324 g/mol. The van der Waals surface area contributed by atoms with Crippen LogP contribution in [0, 0.1) is 0 Å². The first-order valence-corrected chi connectivity index (χ1v) is 6.79. The summed E-state index contributed by atoms with van der Waals surface area (Å²) in [6, 6.07) is 9.19. The number of rotatable bonds is 5. The van der Waals surface area contributed by atoms with Crippen molar-refractivity contribution in [3.05, 3.63) is 42.1 Å². The Bertz CT molecular complexity index is 538. The molecule has 0 radical (unpaired) electrons. The first kappa shape index (κ1) is 13.7. The SMILES string of the molecule is COc1cc(OC)cc(Oc2ncccc2CBr)c1. The first-order chi connectivity index (χ1) is 9.26. The molecule has 1 aromatic carbocycles. The van der Waals surface area contributed by atoms with Crippen LogP contribution in [0.2, 0.25) is 0 Å². The third kappa shape index (κ3) is 3.38. The third-order valence-corrected chi connectivity index (χ3v) is 3.14. The summed E-state index contributed by atoms with van der Waals surface area (Å²) in [6.07, 6.45) is 1.69. The molecule has 0 atom stereocenters. The standard InChI is InChI=1S/C14H14BrNO3/c1-17-11-6-12(18-2)8-13(7-11)19-14-10(9-15)4-3-5-16-14/h3-8H,9H2,1-2H3. The molecule has 2 aromatic rings. The predicted octanol–water partition coefficient (Wildman–Crippen LogP) is 3.79. The molecule has 0 fully saturated rings. The minimum absolute atomic E-state index is 0.565. The second-order valence-corrected chi connectivity index (χ2v) is 4.31. The maximum absolute atomic E-state index is 5.78. The number of pyridine rings is 1. The van der Waals surface area contributed by atoms with Gasteiger partial charge in [0.2, 0.25) is 5.88 Å². The zero-order valence-corrected chi connectivity index (χ0v) is 12.3. The van der Waals surface area contributed by atoms with E-state index in [4.69, 9.17) is 14.2 Å². The summed E-state index contributed by atoms with van der Waals surface area (Å²) in [5.74, 6) is 2.53. The van der Waals surface area contributed by atoms with Crippen molar-refractivity contribution in [2.24, 2.45) is 0 Å². The van der Waals surface area contributed by atoms with Gasteiger partial charge in [0.1, 0.15) is 17.2 Å². The monoisotopic (exact) mass is 323 g/mol. The molecule has 100 valence electrons. The fourth-order valence-corrected chi connectivity index (χ4v) is 2.00. The van der Waals surface area contributed by atoms with Gasteiger partial charge < -0.3 is 14.2 Å². The van der Waals surface area contributed by atoms with E-state index in [0.29, 0.717) is 28.5 Å². The Kier molecular flexibility index (Phi) is 4.63. The lowest BCUT2D eigenvalue weighted by atomic mass is 10.3. The van der Waals surface area contributed by atoms with Crippen molar-refractivity contribution in [2.45, 2.75) is 5.33 Å². The van der Waals surface area contributed by atoms with E-state index < -0.39 is 0 Å². The molecule has 0 N–H and O–H groups in total. The van der Waals surface area contributed by atoms with E-state index in [1.54, 1.807) is 38.6 Å². The molecule has 0 amide bonds. The number of hydrogen-bond acceptors (Lipinski definition) is 4. The van der Waals surface area contributed by atoms with Crippen molar-refractivity contribution in [1.29, 1.82) is 0 Å². The zero-order valence-electron chi connectivity index (χ0n) is 10.7. The van der Waals surface area contributed by atoms with Crippen LogP contribution in [0.4, 0.5) is 0 Å². The van der Waals surface area contributed by atoms with Gasteiger partial charge in [-0.1, -0.05) is 22.0 Å². The van der Waals surface area contributed by atoms with E-state index in [0.717, 1.165) is 5.56 Å². The molecule has 4 nitrogen and oxygen atoms in total. The largest absolute Gasteiger partial charge is 0.496 e. The number of alkyl halides is 1. The van der Waals surface area contributed by atoms with E-state index in [1.165, 1.54) is 0 Å². The molecule has 0 bridgehead atoms. The van der Waals surface area contributed by atoms with Crippen LogP contribution in [-0.2, 0) is 5.33 Å². The molecule has 0 spiro atoms. The van der Waals surface area contributed by atoms with Crippen LogP contribution in [0.15, 0.2) is 36.5 Å². The summed E-state index contributed by atoms with van der Waals surface area (Å²) in [7, 11) is 3.20. The molecule has 0 aliphatic heterocycles. The Hall–Kier alpha value is -1.75. The van der Waals surface area contributed by atoms with Gasteiger partial charge in [-0.3, -0.25) is 0 Å². The Morgan fingerprint density at radius 3 is 2.26 bits per heavy atom. The van der Waals surface area contributed by atoms with Gasteiger partial charge in [-0.25, -0.2) is 4.98 Å². The number of hydrogen-bond donors (Lipinski definition) is 0. The molecular formula is C14H14BrNO3. The van der Waals surface area contributed by atoms with Crippen LogP contribution in [0.3, 0.4) is 0 Å². The number of methoxy groups -OCH3 is 2. The van der Waals surface area contributed by atoms with Crippen LogP contribution in [-0.4, -0.2) is 19.2 Å². The molecule has 0 aliphatic carbocycles. The summed E-state index contributed by atoms with van der Waals surface area (Å²) < 4.78 is 16.2. The normalized spacial score (nSPS) is 10.1. The molecule has 2 rings (SSSR count). The van der Waals surface area contributed by atoms with E-state index in [1.807, 2.05) is 12.1 Å². The lowest BCUT2D eigenvalue weighted by Gasteiger charge is -2.11. The van der Waals surface area contributed by atoms with E-state index in [2.05, 4.69) is 20.9 Å². The lowest BCUT2D eigenvalue weighted by Crippen LogP contribution is -1.94. The molecule has 1 aromatic heterocycles. The van der Waals surface area contributed by atoms with Gasteiger partial charge >= 0.3 is 0 Å². The smallest absolute Gasteiger partial charge is 0.223 e. The van der Waals surface area contributed by atoms with Crippen LogP contribution in [0.25, 0.3) is 0 Å². The average Bonchev–Trinajstić information content (AvgIpc) is 2.47. The van der Waals surface area contributed by atoms with Crippen molar-refractivity contribution >= 4 is 15.9 Å². The molecule has 19 heavy (non-hydrogen) atoms. The van der Waals surface area contributed by atoms with E-state index >= 15 is 0 Å². The fraction of sp³-hybridized carbons (Fsp3) is 0.214. The zero-order chi connectivity index (χ0) is 13.7. The number of aromatic nitrogens is 1. The van der Waals surface area contributed by atoms with Crippen molar-refractivity contribution in [3.8, 4) is 23.1 Å². The molecule has 0 aliphatic rings. The maximum atomic E-state index is 5.78. The Balaban J connectivity index is 2.32. The van der Waals surface area contributed by atoms with Gasteiger partial charge in [0, 0.05) is 35.3 Å². The van der Waals surface area contributed by atoms with E-state index in [9.17, 15) is 0 Å². The number of ether oxygens (including phenoxy) is 3. The maximum Gasteiger partial charge on any atom is 0.223 e. The Morgan fingerprint density at radius 2 is 1.68 bits per heavy atom. The molecular weight excluding hydrogens is 310 g/mol. The van der Waals surface area contributed by atoms with Crippen molar-refractivity contribution in [3.63, 3.8) is 0 Å². The second-order valence-electron chi connectivity index (χ2n) is 3.75. The predicted molar refractivity (Wildman–Crippen MR) is 76.5 cm³/mol. The third-order valence-electron chi connectivity index (χ3n) is 2.53. The summed E-state index contributed by atoms with van der Waals surface area (Å²) >= 11 is 3.41. The highest BCUT2D eigenvalue weighted by Gasteiger charge is 2.08. The lowest BCUT2D eigenvalue weighted by molar-refractivity contribution is 0.384. The number of nitrogens with zero attached hydrogens (tertiary/aromatic N) is 1. The first-order valence-electron chi connectivity index (χ1n) is 5.67. The van der Waals surface area contributed by atoms with Gasteiger partial charge in [0.15, 0.2) is 0 Å². The quantitative estimate of drug-likeness (QED) is 0.785. The molecule has 0 saturated heterocycles. The second kappa shape index (κ2) is 6.43. The van der Waals surface area contributed by atoms with Gasteiger partial charge in [0.05, 0.1) is 14.2 Å². The summed E-state index contributed by atoms with van der Waals surface area (Å²) in [6.45, 7) is 0. The van der Waals surface area contributed by atoms with Gasteiger partial charge in [-0.2, -0.15) is 0 Å². The van der Waals surface area contributed by atoms with Crippen molar-refractivity contribution in [1.82, 2.24) is 4.98 Å². The van der Waals surface area contributed by atoms with Gasteiger partial charge in [-0.15, -0.1) is 0 Å². The van der Waals surface area contributed by atoms with Crippen molar-refractivity contribution < 1.29 is 14.2 Å². The molecule has 1 heterocycles. The summed E-state index contributed by atoms with van der Waals surface area (Å²) in [5, 5.41) is 0.678. The van der Waals surface area contributed by atoms with Gasteiger partial charge in [-0.05, 0) is 6.07 Å². The van der Waals surface area contributed by atoms with Crippen LogP contribution >= 0.6 is 15.9 Å². The molecule has 5 heteroatoms. The number of benzene rings is 1. The highest BCUT2D eigenvalue weighted by molar-refractivity contribution is 9.08. The summed E-state index contributed by atoms with van der Waals surface area (Å²) in [4.78, 5) is 4.22. The Labute approximate surface area is 120 Å². The van der Waals surface area contributed by atoms with Crippen LogP contribution < -0.4 is 14.2 Å². The van der Waals surface area contributed by atoms with Crippen molar-refractivity contribution in [2.75, 3.05) is 14.2 Å². The minimum atomic E-state index is 0.565. The van der Waals surface area contributed by atoms with E-state index in [-0.39, 0.29) is 0 Å². The van der Waals surface area contributed by atoms with Crippen LogP contribution in [0.1, 0.15) is 5.56 Å². The molecule has 0 unspecified atom stereocenters.